The fraction of sp³-hybridized carbons (Fsp3) is 0.500. The van der Waals surface area contributed by atoms with Gasteiger partial charge < -0.3 is 5.73 Å². The van der Waals surface area contributed by atoms with Crippen molar-refractivity contribution in [2.75, 3.05) is 0 Å². The van der Waals surface area contributed by atoms with Crippen molar-refractivity contribution in [1.82, 2.24) is 14.2 Å². The maximum Gasteiger partial charge on any atom is 0.350 e. The van der Waals surface area contributed by atoms with Crippen LogP contribution in [0.3, 0.4) is 0 Å². The largest absolute Gasteiger partial charge is 0.350 e. The molecule has 0 spiro atoms. The lowest BCUT2D eigenvalue weighted by molar-refractivity contribution is 0.493. The van der Waals surface area contributed by atoms with Crippen molar-refractivity contribution < 1.29 is 0 Å². The summed E-state index contributed by atoms with van der Waals surface area (Å²) in [5, 5.41) is 4.26. The van der Waals surface area contributed by atoms with Gasteiger partial charge in [0.25, 0.3) is 0 Å². The van der Waals surface area contributed by atoms with Crippen LogP contribution in [-0.4, -0.2) is 20.2 Å². The first-order chi connectivity index (χ1) is 8.22. The molecule has 5 nitrogen and oxygen atoms in total. The Bertz CT molecular complexity index is 543. The van der Waals surface area contributed by atoms with Gasteiger partial charge in [0.2, 0.25) is 0 Å². The fourth-order valence-corrected chi connectivity index (χ4v) is 1.82. The number of hydrogen-bond acceptors (Lipinski definition) is 3. The van der Waals surface area contributed by atoms with Crippen molar-refractivity contribution in [3.8, 4) is 0 Å². The maximum absolute atomic E-state index is 11.9. The molecule has 1 unspecified atom stereocenters. The molecule has 5 heteroatoms. The van der Waals surface area contributed by atoms with E-state index in [4.69, 9.17) is 5.73 Å². The van der Waals surface area contributed by atoms with Crippen molar-refractivity contribution in [3.05, 3.63) is 34.9 Å². The third kappa shape index (κ3) is 2.55. The van der Waals surface area contributed by atoms with Crippen LogP contribution >= 0.6 is 0 Å². The number of aryl methyl sites for hydroxylation is 1. The molecule has 0 aromatic carbocycles. The first kappa shape index (κ1) is 11.9. The molecule has 0 aliphatic heterocycles. The molecular formula is C12H18N4O. The molecule has 0 fully saturated rings. The molecule has 2 aromatic rings. The Morgan fingerprint density at radius 3 is 3.00 bits per heavy atom. The van der Waals surface area contributed by atoms with Gasteiger partial charge in [-0.3, -0.25) is 4.40 Å². The van der Waals surface area contributed by atoms with E-state index in [1.165, 1.54) is 4.68 Å². The van der Waals surface area contributed by atoms with Gasteiger partial charge in [0.05, 0.1) is 0 Å². The average molecular weight is 234 g/mol. The van der Waals surface area contributed by atoms with Crippen molar-refractivity contribution in [2.24, 2.45) is 5.73 Å². The van der Waals surface area contributed by atoms with Crippen LogP contribution in [0.2, 0.25) is 0 Å². The molecule has 17 heavy (non-hydrogen) atoms. The van der Waals surface area contributed by atoms with Gasteiger partial charge in [-0.25, -0.2) is 9.48 Å². The van der Waals surface area contributed by atoms with Crippen molar-refractivity contribution in [3.63, 3.8) is 0 Å². The number of hydrogen-bond donors (Lipinski definition) is 1. The van der Waals surface area contributed by atoms with E-state index in [9.17, 15) is 4.79 Å². The van der Waals surface area contributed by atoms with Gasteiger partial charge in [-0.1, -0.05) is 13.0 Å². The molecule has 0 saturated heterocycles. The van der Waals surface area contributed by atoms with E-state index in [0.717, 1.165) is 19.3 Å². The Balaban J connectivity index is 2.09. The van der Waals surface area contributed by atoms with Gasteiger partial charge in [-0.15, -0.1) is 5.10 Å². The minimum absolute atomic E-state index is 0.0781. The van der Waals surface area contributed by atoms with Crippen LogP contribution in [0, 0.1) is 0 Å². The summed E-state index contributed by atoms with van der Waals surface area (Å²) in [4.78, 5) is 11.9. The van der Waals surface area contributed by atoms with Gasteiger partial charge in [0.1, 0.15) is 0 Å². The highest BCUT2D eigenvalue weighted by Crippen LogP contribution is 2.01. The lowest BCUT2D eigenvalue weighted by Crippen LogP contribution is -2.23. The van der Waals surface area contributed by atoms with Crippen LogP contribution in [0.1, 0.15) is 26.2 Å². The molecule has 2 rings (SSSR count). The molecule has 1 atom stereocenters. The zero-order valence-electron chi connectivity index (χ0n) is 10.0. The highest BCUT2D eigenvalue weighted by atomic mass is 16.2. The Morgan fingerprint density at radius 1 is 1.47 bits per heavy atom. The third-order valence-electron chi connectivity index (χ3n) is 2.96. The monoisotopic (exact) mass is 234 g/mol. The molecule has 0 aliphatic rings. The molecule has 0 saturated carbocycles. The van der Waals surface area contributed by atoms with Gasteiger partial charge in [-0.05, 0) is 31.4 Å². The van der Waals surface area contributed by atoms with Gasteiger partial charge >= 0.3 is 5.69 Å². The molecular weight excluding hydrogens is 216 g/mol. The zero-order valence-corrected chi connectivity index (χ0v) is 10.0. The van der Waals surface area contributed by atoms with E-state index in [1.807, 2.05) is 18.2 Å². The Hall–Kier alpha value is -1.62. The Labute approximate surface area is 99.9 Å². The lowest BCUT2D eigenvalue weighted by atomic mass is 10.1. The molecule has 0 aliphatic carbocycles. The van der Waals surface area contributed by atoms with Crippen LogP contribution in [0.15, 0.2) is 29.2 Å². The molecule has 0 bridgehead atoms. The summed E-state index contributed by atoms with van der Waals surface area (Å²) in [5.41, 5.74) is 6.45. The molecule has 0 radical (unpaired) electrons. The fourth-order valence-electron chi connectivity index (χ4n) is 1.82. The van der Waals surface area contributed by atoms with Gasteiger partial charge in [0.15, 0.2) is 5.65 Å². The quantitative estimate of drug-likeness (QED) is 0.839. The third-order valence-corrected chi connectivity index (χ3v) is 2.96. The molecule has 2 N–H and O–H groups in total. The van der Waals surface area contributed by atoms with E-state index in [2.05, 4.69) is 12.0 Å². The van der Waals surface area contributed by atoms with E-state index in [0.29, 0.717) is 12.2 Å². The molecule has 2 heterocycles. The highest BCUT2D eigenvalue weighted by Gasteiger charge is 2.06. The number of fused-ring (bicyclic) bond motifs is 1. The topological polar surface area (TPSA) is 65.3 Å². The Kier molecular flexibility index (Phi) is 3.58. The first-order valence-electron chi connectivity index (χ1n) is 6.02. The SMILES string of the molecule is CCC(N)CCCn1nc2ccccn2c1=O. The van der Waals surface area contributed by atoms with E-state index in [-0.39, 0.29) is 11.7 Å². The second-order valence-electron chi connectivity index (χ2n) is 4.25. The summed E-state index contributed by atoms with van der Waals surface area (Å²) in [6.45, 7) is 2.70. The number of nitrogens with two attached hydrogens (primary N) is 1. The van der Waals surface area contributed by atoms with Crippen LogP contribution < -0.4 is 11.4 Å². The normalized spacial score (nSPS) is 13.1. The number of nitrogens with zero attached hydrogens (tertiary/aromatic N) is 3. The number of pyridine rings is 1. The second-order valence-corrected chi connectivity index (χ2v) is 4.25. The van der Waals surface area contributed by atoms with Gasteiger partial charge in [-0.2, -0.15) is 0 Å². The summed E-state index contributed by atoms with van der Waals surface area (Å²) in [6, 6.07) is 5.75. The first-order valence-corrected chi connectivity index (χ1v) is 6.02. The number of aromatic nitrogens is 3. The van der Waals surface area contributed by atoms with E-state index < -0.39 is 0 Å². The average Bonchev–Trinajstić information content (AvgIpc) is 2.67. The van der Waals surface area contributed by atoms with E-state index in [1.54, 1.807) is 10.6 Å². The molecule has 92 valence electrons. The van der Waals surface area contributed by atoms with Crippen molar-refractivity contribution in [1.29, 1.82) is 0 Å². The smallest absolute Gasteiger partial charge is 0.328 e. The summed E-state index contributed by atoms with van der Waals surface area (Å²) in [7, 11) is 0. The van der Waals surface area contributed by atoms with Gasteiger partial charge in [0, 0.05) is 18.8 Å². The summed E-state index contributed by atoms with van der Waals surface area (Å²) < 4.78 is 3.07. The van der Waals surface area contributed by atoms with Crippen LogP contribution in [0.4, 0.5) is 0 Å². The predicted molar refractivity (Wildman–Crippen MR) is 67.0 cm³/mol. The second kappa shape index (κ2) is 5.14. The van der Waals surface area contributed by atoms with E-state index >= 15 is 0 Å². The number of rotatable bonds is 5. The predicted octanol–water partition coefficient (Wildman–Crippen LogP) is 1.01. The van der Waals surface area contributed by atoms with Crippen molar-refractivity contribution >= 4 is 5.65 Å². The highest BCUT2D eigenvalue weighted by molar-refractivity contribution is 5.35. The lowest BCUT2D eigenvalue weighted by Gasteiger charge is -2.06. The zero-order chi connectivity index (χ0) is 12.3. The Morgan fingerprint density at radius 2 is 2.29 bits per heavy atom. The van der Waals surface area contributed by atoms with Crippen molar-refractivity contribution in [2.45, 2.75) is 38.8 Å². The van der Waals surface area contributed by atoms with Crippen LogP contribution in [-0.2, 0) is 6.54 Å². The summed E-state index contributed by atoms with van der Waals surface area (Å²) >= 11 is 0. The van der Waals surface area contributed by atoms with Crippen LogP contribution in [0.25, 0.3) is 5.65 Å². The summed E-state index contributed by atoms with van der Waals surface area (Å²) in [5.74, 6) is 0. The maximum atomic E-state index is 11.9. The minimum atomic E-state index is -0.0781. The minimum Gasteiger partial charge on any atom is -0.328 e. The summed E-state index contributed by atoms with van der Waals surface area (Å²) in [6.07, 6.45) is 4.52. The molecule has 0 amide bonds. The van der Waals surface area contributed by atoms with Crippen LogP contribution in [0.5, 0.6) is 0 Å². The standard InChI is InChI=1S/C12H18N4O/c1-2-10(13)6-5-9-16-12(17)15-8-4-3-7-11(15)14-16/h3-4,7-8,10H,2,5-6,9,13H2,1H3. The molecule has 2 aromatic heterocycles.